The summed E-state index contributed by atoms with van der Waals surface area (Å²) < 4.78 is 81.2. The van der Waals surface area contributed by atoms with Crippen LogP contribution in [0.4, 0.5) is 26.3 Å². The Morgan fingerprint density at radius 2 is 0.862 bits per heavy atom. The summed E-state index contributed by atoms with van der Waals surface area (Å²) in [6.45, 7) is 4.37. The Kier molecular flexibility index (Phi) is 7.17. The van der Waals surface area contributed by atoms with E-state index in [-0.39, 0.29) is 24.9 Å². The second-order valence-corrected chi connectivity index (χ2v) is 10.1. The number of hydrogen-bond acceptors (Lipinski definition) is 1. The van der Waals surface area contributed by atoms with Crippen molar-refractivity contribution in [2.75, 3.05) is 0 Å². The molecule has 0 N–H and O–H groups in total. The van der Waals surface area contributed by atoms with E-state index in [0.717, 1.165) is 51.4 Å². The molecule has 3 saturated carbocycles. The highest BCUT2D eigenvalue weighted by atomic mass is 19.4. The summed E-state index contributed by atoms with van der Waals surface area (Å²) in [5.41, 5.74) is 0. The molecule has 0 aromatic carbocycles. The van der Waals surface area contributed by atoms with Gasteiger partial charge in [0.1, 0.15) is 0 Å². The Morgan fingerprint density at radius 3 is 1.17 bits per heavy atom. The van der Waals surface area contributed by atoms with E-state index in [1.807, 2.05) is 0 Å². The van der Waals surface area contributed by atoms with Crippen LogP contribution < -0.4 is 0 Å². The van der Waals surface area contributed by atoms with Crippen LogP contribution in [0.2, 0.25) is 0 Å². The fraction of sp³-hybridized carbons (Fsp3) is 1.00. The Bertz CT molecular complexity index is 470. The summed E-state index contributed by atoms with van der Waals surface area (Å²) in [6.07, 6.45) is -2.60. The maximum absolute atomic E-state index is 13.5. The van der Waals surface area contributed by atoms with E-state index in [1.165, 1.54) is 0 Å². The second-order valence-electron chi connectivity index (χ2n) is 10.1. The third kappa shape index (κ3) is 5.82. The van der Waals surface area contributed by atoms with Crippen molar-refractivity contribution in [2.24, 2.45) is 23.7 Å². The molecule has 0 aromatic rings. The third-order valence-electron chi connectivity index (χ3n) is 7.84. The zero-order valence-corrected chi connectivity index (χ0v) is 17.5. The zero-order chi connectivity index (χ0) is 21.4. The molecule has 0 amide bonds. The van der Waals surface area contributed by atoms with Crippen molar-refractivity contribution in [2.45, 2.75) is 115 Å². The molecule has 0 saturated heterocycles. The fourth-order valence-corrected chi connectivity index (χ4v) is 6.04. The first kappa shape index (κ1) is 23.2. The molecule has 3 fully saturated rings. The Hall–Kier alpha value is -0.460. The molecule has 170 valence electrons. The first-order valence-electron chi connectivity index (χ1n) is 11.4. The van der Waals surface area contributed by atoms with Gasteiger partial charge in [0.15, 0.2) is 0 Å². The highest BCUT2D eigenvalue weighted by Gasteiger charge is 2.53. The molecule has 0 bridgehead atoms. The van der Waals surface area contributed by atoms with Crippen LogP contribution in [0.3, 0.4) is 0 Å². The summed E-state index contributed by atoms with van der Waals surface area (Å²) in [5.74, 6) is -2.51. The molecule has 1 nitrogen and oxygen atoms in total. The van der Waals surface area contributed by atoms with E-state index >= 15 is 0 Å². The highest BCUT2D eigenvalue weighted by molar-refractivity contribution is 4.96. The minimum atomic E-state index is -4.56. The van der Waals surface area contributed by atoms with Gasteiger partial charge in [-0.15, -0.1) is 0 Å². The van der Waals surface area contributed by atoms with E-state index in [2.05, 4.69) is 18.7 Å². The van der Waals surface area contributed by atoms with Crippen LogP contribution in [0.25, 0.3) is 0 Å². The van der Waals surface area contributed by atoms with Gasteiger partial charge >= 0.3 is 12.4 Å². The van der Waals surface area contributed by atoms with Crippen LogP contribution in [-0.2, 0) is 0 Å². The lowest BCUT2D eigenvalue weighted by Gasteiger charge is -2.51. The van der Waals surface area contributed by atoms with Gasteiger partial charge < -0.3 is 0 Å². The first-order chi connectivity index (χ1) is 13.4. The zero-order valence-electron chi connectivity index (χ0n) is 17.5. The minimum absolute atomic E-state index is 0.135. The van der Waals surface area contributed by atoms with Crippen LogP contribution in [-0.4, -0.2) is 35.4 Å². The lowest BCUT2D eigenvalue weighted by atomic mass is 9.74. The molecular weight excluding hydrogens is 392 g/mol. The molecule has 0 aromatic heterocycles. The van der Waals surface area contributed by atoms with E-state index in [4.69, 9.17) is 0 Å². The number of halogens is 6. The maximum Gasteiger partial charge on any atom is 0.391 e. The minimum Gasteiger partial charge on any atom is -0.294 e. The summed E-state index contributed by atoms with van der Waals surface area (Å²) in [4.78, 5) is 2.18. The summed E-state index contributed by atoms with van der Waals surface area (Å²) in [5, 5.41) is 0. The van der Waals surface area contributed by atoms with Gasteiger partial charge in [-0.25, -0.2) is 0 Å². The van der Waals surface area contributed by atoms with Crippen LogP contribution in [0.1, 0.15) is 84.5 Å². The van der Waals surface area contributed by atoms with Gasteiger partial charge in [0.05, 0.1) is 11.8 Å². The molecule has 3 aliphatic rings. The molecule has 0 heterocycles. The van der Waals surface area contributed by atoms with Crippen LogP contribution in [0, 0.1) is 23.7 Å². The molecule has 3 rings (SSSR count). The summed E-state index contributed by atoms with van der Waals surface area (Å²) in [7, 11) is 0. The van der Waals surface area contributed by atoms with Gasteiger partial charge in [-0.2, -0.15) is 26.3 Å². The Balaban J connectivity index is 1.85. The van der Waals surface area contributed by atoms with Gasteiger partial charge in [-0.1, -0.05) is 13.8 Å². The smallest absolute Gasteiger partial charge is 0.294 e. The SMILES string of the molecule is CC1CCC(N(C2CCC(C)CC2)C2CC(C(F)(F)F)CC(C(F)(F)F)C2)CC1. The van der Waals surface area contributed by atoms with Gasteiger partial charge in [0, 0.05) is 18.1 Å². The van der Waals surface area contributed by atoms with Crippen molar-refractivity contribution in [1.82, 2.24) is 4.90 Å². The van der Waals surface area contributed by atoms with Crippen molar-refractivity contribution in [3.05, 3.63) is 0 Å². The van der Waals surface area contributed by atoms with Crippen molar-refractivity contribution < 1.29 is 26.3 Å². The molecule has 2 unspecified atom stereocenters. The number of nitrogens with zero attached hydrogens (tertiary/aromatic N) is 1. The maximum atomic E-state index is 13.5. The quantitative estimate of drug-likeness (QED) is 0.426. The molecule has 7 heteroatoms. The van der Waals surface area contributed by atoms with Crippen molar-refractivity contribution in [3.8, 4) is 0 Å². The van der Waals surface area contributed by atoms with Crippen molar-refractivity contribution >= 4 is 0 Å². The summed E-state index contributed by atoms with van der Waals surface area (Å²) in [6, 6.07) is -0.343. The topological polar surface area (TPSA) is 3.24 Å². The van der Waals surface area contributed by atoms with E-state index < -0.39 is 36.7 Å². The average Bonchev–Trinajstić information content (AvgIpc) is 2.63. The van der Waals surface area contributed by atoms with E-state index in [1.54, 1.807) is 0 Å². The second kappa shape index (κ2) is 8.96. The number of alkyl halides is 6. The molecule has 2 atom stereocenters. The van der Waals surface area contributed by atoms with Gasteiger partial charge in [-0.3, -0.25) is 4.90 Å². The molecule has 0 aliphatic heterocycles. The molecule has 29 heavy (non-hydrogen) atoms. The van der Waals surface area contributed by atoms with Gasteiger partial charge in [0.25, 0.3) is 0 Å². The molecule has 0 spiro atoms. The van der Waals surface area contributed by atoms with Crippen LogP contribution in [0.5, 0.6) is 0 Å². The van der Waals surface area contributed by atoms with Crippen molar-refractivity contribution in [3.63, 3.8) is 0 Å². The monoisotopic (exact) mass is 427 g/mol. The predicted molar refractivity (Wildman–Crippen MR) is 101 cm³/mol. The van der Waals surface area contributed by atoms with Gasteiger partial charge in [0.2, 0.25) is 0 Å². The number of rotatable bonds is 3. The van der Waals surface area contributed by atoms with Crippen molar-refractivity contribution in [1.29, 1.82) is 0 Å². The Morgan fingerprint density at radius 1 is 0.517 bits per heavy atom. The lowest BCUT2D eigenvalue weighted by molar-refractivity contribution is -0.232. The molecule has 3 aliphatic carbocycles. The van der Waals surface area contributed by atoms with E-state index in [9.17, 15) is 26.3 Å². The first-order valence-corrected chi connectivity index (χ1v) is 11.4. The van der Waals surface area contributed by atoms with Crippen LogP contribution in [0.15, 0.2) is 0 Å². The predicted octanol–water partition coefficient (Wildman–Crippen LogP) is 7.36. The molecular formula is C22H35F6N. The fourth-order valence-electron chi connectivity index (χ4n) is 6.04. The Labute approximate surface area is 170 Å². The molecule has 0 radical (unpaired) electrons. The summed E-state index contributed by atoms with van der Waals surface area (Å²) >= 11 is 0. The third-order valence-corrected chi connectivity index (χ3v) is 7.84. The van der Waals surface area contributed by atoms with Crippen LogP contribution >= 0.6 is 0 Å². The standard InChI is InChI=1S/C22H35F6N/c1-14-3-7-18(8-4-14)29(19-9-5-15(2)6-10-19)20-12-16(21(23,24)25)11-17(13-20)22(26,27)28/h14-20H,3-13H2,1-2H3. The number of hydrogen-bond donors (Lipinski definition) is 0. The lowest BCUT2D eigenvalue weighted by Crippen LogP contribution is -2.55. The highest BCUT2D eigenvalue weighted by Crippen LogP contribution is 2.48. The van der Waals surface area contributed by atoms with E-state index in [0.29, 0.717) is 11.8 Å². The largest absolute Gasteiger partial charge is 0.391 e. The van der Waals surface area contributed by atoms with Gasteiger partial charge in [-0.05, 0) is 82.5 Å². The normalized spacial score (nSPS) is 40.2. The average molecular weight is 428 g/mol.